The van der Waals surface area contributed by atoms with Gasteiger partial charge in [0.15, 0.2) is 11.6 Å². The molecule has 2 heterocycles. The maximum Gasteiger partial charge on any atom is 0.253 e. The molecule has 7 heteroatoms. The lowest BCUT2D eigenvalue weighted by Gasteiger charge is -2.35. The van der Waals surface area contributed by atoms with Crippen molar-refractivity contribution in [1.82, 2.24) is 4.90 Å². The van der Waals surface area contributed by atoms with E-state index in [0.717, 1.165) is 12.8 Å². The molecule has 1 aromatic carbocycles. The Morgan fingerprint density at radius 3 is 2.60 bits per heavy atom. The second-order valence-corrected chi connectivity index (χ2v) is 6.61. The van der Waals surface area contributed by atoms with Crippen LogP contribution >= 0.6 is 0 Å². The van der Waals surface area contributed by atoms with Gasteiger partial charge in [-0.15, -0.1) is 0 Å². The summed E-state index contributed by atoms with van der Waals surface area (Å²) in [7, 11) is 1.38. The average Bonchev–Trinajstić information content (AvgIpc) is 3.11. The lowest BCUT2D eigenvalue weighted by atomic mass is 9.84. The number of carbonyl (C=O) groups excluding carboxylic acids is 2. The first-order chi connectivity index (χ1) is 12.0. The van der Waals surface area contributed by atoms with E-state index in [-0.39, 0.29) is 35.5 Å². The summed E-state index contributed by atoms with van der Waals surface area (Å²) in [5.74, 6) is -0.953. The van der Waals surface area contributed by atoms with Gasteiger partial charge in [0.1, 0.15) is 0 Å². The molecule has 0 spiro atoms. The Kier molecular flexibility index (Phi) is 5.22. The van der Waals surface area contributed by atoms with E-state index in [1.807, 2.05) is 0 Å². The lowest BCUT2D eigenvalue weighted by molar-refractivity contribution is -0.124. The SMILES string of the molecule is COc1ccc(C(=O)N2CCC([C@H]3OCC[C@@H]3C(N)=O)CC2)cc1F. The van der Waals surface area contributed by atoms with Crippen molar-refractivity contribution in [2.24, 2.45) is 17.6 Å². The van der Waals surface area contributed by atoms with Crippen molar-refractivity contribution in [2.45, 2.75) is 25.4 Å². The molecule has 0 aliphatic carbocycles. The topological polar surface area (TPSA) is 81.9 Å². The molecule has 2 N–H and O–H groups in total. The van der Waals surface area contributed by atoms with Crippen molar-refractivity contribution in [3.05, 3.63) is 29.6 Å². The zero-order chi connectivity index (χ0) is 18.0. The van der Waals surface area contributed by atoms with Gasteiger partial charge < -0.3 is 20.1 Å². The van der Waals surface area contributed by atoms with Gasteiger partial charge in [0, 0.05) is 25.3 Å². The first-order valence-corrected chi connectivity index (χ1v) is 8.55. The lowest BCUT2D eigenvalue weighted by Crippen LogP contribution is -2.44. The van der Waals surface area contributed by atoms with E-state index in [4.69, 9.17) is 15.2 Å². The highest BCUT2D eigenvalue weighted by Gasteiger charge is 2.39. The van der Waals surface area contributed by atoms with Gasteiger partial charge in [-0.2, -0.15) is 0 Å². The van der Waals surface area contributed by atoms with Crippen LogP contribution in [0.4, 0.5) is 4.39 Å². The highest BCUT2D eigenvalue weighted by molar-refractivity contribution is 5.94. The van der Waals surface area contributed by atoms with E-state index < -0.39 is 5.82 Å². The number of amides is 2. The fourth-order valence-electron chi connectivity index (χ4n) is 3.79. The first-order valence-electron chi connectivity index (χ1n) is 8.55. The zero-order valence-corrected chi connectivity index (χ0v) is 14.2. The van der Waals surface area contributed by atoms with Crippen LogP contribution in [0.15, 0.2) is 18.2 Å². The number of methoxy groups -OCH3 is 1. The molecule has 0 unspecified atom stereocenters. The largest absolute Gasteiger partial charge is 0.494 e. The molecule has 3 rings (SSSR count). The number of rotatable bonds is 4. The number of halogens is 1. The summed E-state index contributed by atoms with van der Waals surface area (Å²) in [4.78, 5) is 25.8. The van der Waals surface area contributed by atoms with Crippen LogP contribution in [0.5, 0.6) is 5.75 Å². The van der Waals surface area contributed by atoms with E-state index in [1.165, 1.54) is 19.2 Å². The number of nitrogens with two attached hydrogens (primary N) is 1. The first kappa shape index (κ1) is 17.7. The third-order valence-corrected chi connectivity index (χ3v) is 5.19. The van der Waals surface area contributed by atoms with Crippen LogP contribution in [0.1, 0.15) is 29.6 Å². The van der Waals surface area contributed by atoms with Crippen molar-refractivity contribution in [1.29, 1.82) is 0 Å². The Morgan fingerprint density at radius 1 is 1.28 bits per heavy atom. The van der Waals surface area contributed by atoms with Crippen molar-refractivity contribution in [3.63, 3.8) is 0 Å². The molecule has 2 amide bonds. The summed E-state index contributed by atoms with van der Waals surface area (Å²) in [6, 6.07) is 4.23. The number of hydrogen-bond acceptors (Lipinski definition) is 4. The molecule has 2 aliphatic heterocycles. The number of hydrogen-bond donors (Lipinski definition) is 1. The van der Waals surface area contributed by atoms with Crippen molar-refractivity contribution >= 4 is 11.8 Å². The third-order valence-electron chi connectivity index (χ3n) is 5.19. The molecule has 2 fully saturated rings. The summed E-state index contributed by atoms with van der Waals surface area (Å²) in [6.45, 7) is 1.67. The van der Waals surface area contributed by atoms with E-state index in [2.05, 4.69) is 0 Å². The van der Waals surface area contributed by atoms with Crippen LogP contribution in [0.25, 0.3) is 0 Å². The molecule has 2 atom stereocenters. The molecule has 6 nitrogen and oxygen atoms in total. The minimum absolute atomic E-state index is 0.117. The van der Waals surface area contributed by atoms with E-state index in [9.17, 15) is 14.0 Å². The maximum atomic E-state index is 13.8. The maximum absolute atomic E-state index is 13.8. The Hall–Kier alpha value is -2.15. The Balaban J connectivity index is 1.61. The van der Waals surface area contributed by atoms with E-state index in [0.29, 0.717) is 31.7 Å². The van der Waals surface area contributed by atoms with Gasteiger partial charge in [-0.1, -0.05) is 0 Å². The monoisotopic (exact) mass is 350 g/mol. The van der Waals surface area contributed by atoms with Crippen LogP contribution in [0.3, 0.4) is 0 Å². The van der Waals surface area contributed by atoms with Crippen molar-refractivity contribution < 1.29 is 23.5 Å². The number of benzene rings is 1. The number of ether oxygens (including phenoxy) is 2. The average molecular weight is 350 g/mol. The standard InChI is InChI=1S/C18H23FN2O4/c1-24-15-3-2-12(10-14(15)19)18(23)21-7-4-11(5-8-21)16-13(17(20)22)6-9-25-16/h2-3,10-11,13,16H,4-9H2,1H3,(H2,20,22)/t13-,16+/m0/s1. The molecule has 2 saturated heterocycles. The van der Waals surface area contributed by atoms with Crippen LogP contribution in [-0.2, 0) is 9.53 Å². The number of primary amides is 1. The summed E-state index contributed by atoms with van der Waals surface area (Å²) in [5, 5.41) is 0. The molecule has 0 saturated carbocycles. The van der Waals surface area contributed by atoms with Crippen LogP contribution < -0.4 is 10.5 Å². The van der Waals surface area contributed by atoms with Gasteiger partial charge in [0.05, 0.1) is 19.1 Å². The Morgan fingerprint density at radius 2 is 2.00 bits per heavy atom. The number of carbonyl (C=O) groups is 2. The van der Waals surface area contributed by atoms with E-state index in [1.54, 1.807) is 11.0 Å². The molecule has 0 radical (unpaired) electrons. The third kappa shape index (κ3) is 3.61. The normalized spacial score (nSPS) is 24.3. The fraction of sp³-hybridized carbons (Fsp3) is 0.556. The highest BCUT2D eigenvalue weighted by atomic mass is 19.1. The van der Waals surface area contributed by atoms with Gasteiger partial charge in [0.2, 0.25) is 5.91 Å². The van der Waals surface area contributed by atoms with Crippen molar-refractivity contribution in [2.75, 3.05) is 26.8 Å². The zero-order valence-electron chi connectivity index (χ0n) is 14.2. The molecular weight excluding hydrogens is 327 g/mol. The number of piperidine rings is 1. The molecular formula is C18H23FN2O4. The van der Waals surface area contributed by atoms with Gasteiger partial charge in [-0.25, -0.2) is 4.39 Å². The predicted molar refractivity (Wildman–Crippen MR) is 88.6 cm³/mol. The number of nitrogens with zero attached hydrogens (tertiary/aromatic N) is 1. The summed E-state index contributed by atoms with van der Waals surface area (Å²) < 4.78 is 24.4. The van der Waals surface area contributed by atoms with Crippen LogP contribution in [-0.4, -0.2) is 49.6 Å². The van der Waals surface area contributed by atoms with Crippen molar-refractivity contribution in [3.8, 4) is 5.75 Å². The minimum atomic E-state index is -0.549. The Labute approximate surface area is 146 Å². The van der Waals surface area contributed by atoms with Crippen LogP contribution in [0, 0.1) is 17.7 Å². The quantitative estimate of drug-likeness (QED) is 0.894. The molecule has 1 aromatic rings. The molecule has 136 valence electrons. The van der Waals surface area contributed by atoms with E-state index >= 15 is 0 Å². The summed E-state index contributed by atoms with van der Waals surface area (Å²) in [6.07, 6.45) is 2.02. The molecule has 0 aromatic heterocycles. The minimum Gasteiger partial charge on any atom is -0.494 e. The fourth-order valence-corrected chi connectivity index (χ4v) is 3.79. The van der Waals surface area contributed by atoms with Gasteiger partial charge in [-0.05, 0) is 43.4 Å². The summed E-state index contributed by atoms with van der Waals surface area (Å²) >= 11 is 0. The van der Waals surface area contributed by atoms with Crippen LogP contribution in [0.2, 0.25) is 0 Å². The molecule has 25 heavy (non-hydrogen) atoms. The van der Waals surface area contributed by atoms with Gasteiger partial charge >= 0.3 is 0 Å². The highest BCUT2D eigenvalue weighted by Crippen LogP contribution is 2.33. The second-order valence-electron chi connectivity index (χ2n) is 6.61. The van der Waals surface area contributed by atoms with Gasteiger partial charge in [-0.3, -0.25) is 9.59 Å². The predicted octanol–water partition coefficient (Wildman–Crippen LogP) is 1.58. The molecule has 2 aliphatic rings. The molecule has 0 bridgehead atoms. The number of likely N-dealkylation sites (tertiary alicyclic amines) is 1. The smallest absolute Gasteiger partial charge is 0.253 e. The summed E-state index contributed by atoms with van der Waals surface area (Å²) in [5.41, 5.74) is 5.76. The second kappa shape index (κ2) is 7.39. The van der Waals surface area contributed by atoms with Gasteiger partial charge in [0.25, 0.3) is 5.91 Å². The Bertz CT molecular complexity index is 658.